The highest BCUT2D eigenvalue weighted by Crippen LogP contribution is 2.25. The molecule has 1 saturated heterocycles. The van der Waals surface area contributed by atoms with Crippen molar-refractivity contribution in [2.75, 3.05) is 25.4 Å². The lowest BCUT2D eigenvalue weighted by atomic mass is 9.87. The van der Waals surface area contributed by atoms with Gasteiger partial charge in [0.15, 0.2) is 0 Å². The summed E-state index contributed by atoms with van der Waals surface area (Å²) in [6.45, 7) is 9.47. The van der Waals surface area contributed by atoms with Gasteiger partial charge in [-0.1, -0.05) is 73.9 Å². The highest BCUT2D eigenvalue weighted by atomic mass is 35.5. The zero-order chi connectivity index (χ0) is 25.5. The second-order valence-corrected chi connectivity index (χ2v) is 11.9. The largest absolute Gasteiger partial charge is 0.355 e. The Morgan fingerprint density at radius 3 is 2.64 bits per heavy atom. The zero-order valence-corrected chi connectivity index (χ0v) is 22.9. The summed E-state index contributed by atoms with van der Waals surface area (Å²) >= 11 is 7.74. The van der Waals surface area contributed by atoms with Gasteiger partial charge in [-0.05, 0) is 48.1 Å². The first kappa shape index (κ1) is 26.7. The Labute approximate surface area is 223 Å². The van der Waals surface area contributed by atoms with E-state index in [9.17, 15) is 4.79 Å². The quantitative estimate of drug-likeness (QED) is 0.347. The molecule has 1 unspecified atom stereocenters. The number of hydrogen-bond donors (Lipinski definition) is 1. The van der Waals surface area contributed by atoms with Gasteiger partial charge in [-0.25, -0.2) is 0 Å². The highest BCUT2D eigenvalue weighted by Gasteiger charge is 2.26. The van der Waals surface area contributed by atoms with Gasteiger partial charge >= 0.3 is 0 Å². The molecule has 0 spiro atoms. The molecule has 192 valence electrons. The average molecular weight is 527 g/mol. The van der Waals surface area contributed by atoms with Crippen molar-refractivity contribution >= 4 is 29.3 Å². The van der Waals surface area contributed by atoms with Crippen LogP contribution in [0.4, 0.5) is 0 Å². The zero-order valence-electron chi connectivity index (χ0n) is 21.3. The van der Waals surface area contributed by atoms with Crippen molar-refractivity contribution in [3.63, 3.8) is 0 Å². The summed E-state index contributed by atoms with van der Waals surface area (Å²) in [7, 11) is 0. The van der Waals surface area contributed by atoms with E-state index in [0.717, 1.165) is 41.5 Å². The first-order chi connectivity index (χ1) is 17.3. The number of carbonyl (C=O) groups excluding carboxylic acids is 1. The molecule has 1 atom stereocenters. The Kier molecular flexibility index (Phi) is 9.09. The number of nitrogens with zero attached hydrogens (tertiary/aromatic N) is 3. The van der Waals surface area contributed by atoms with Crippen LogP contribution in [0.15, 0.2) is 53.1 Å². The Bertz CT molecular complexity index is 1130. The molecule has 0 bridgehead atoms. The lowest BCUT2D eigenvalue weighted by Crippen LogP contribution is -2.43. The first-order valence-corrected chi connectivity index (χ1v) is 14.1. The second-order valence-electron chi connectivity index (χ2n) is 10.4. The van der Waals surface area contributed by atoms with E-state index in [4.69, 9.17) is 16.1 Å². The predicted octanol–water partition coefficient (Wildman–Crippen LogP) is 5.95. The monoisotopic (exact) mass is 526 g/mol. The van der Waals surface area contributed by atoms with E-state index in [1.54, 1.807) is 0 Å². The standard InChI is InChI=1S/C28H35ClN4O2S/c1-28(2,3)23-10-8-21(9-11-23)26-31-25(35-32-26)18-33-15-4-5-22(17-33)27(34)30-14-16-36-19-20-6-12-24(29)13-7-20/h6-13,22H,4-5,14-19H2,1-3H3,(H,30,34). The van der Waals surface area contributed by atoms with E-state index in [2.05, 4.69) is 53.3 Å². The second kappa shape index (κ2) is 12.3. The van der Waals surface area contributed by atoms with Gasteiger partial charge in [0.25, 0.3) is 0 Å². The number of halogens is 1. The van der Waals surface area contributed by atoms with Crippen molar-refractivity contribution in [3.05, 3.63) is 70.6 Å². The topological polar surface area (TPSA) is 71.3 Å². The molecule has 0 saturated carbocycles. The van der Waals surface area contributed by atoms with Gasteiger partial charge in [-0.3, -0.25) is 9.69 Å². The predicted molar refractivity (Wildman–Crippen MR) is 147 cm³/mol. The number of hydrogen-bond acceptors (Lipinski definition) is 6. The molecule has 0 aliphatic carbocycles. The molecule has 4 rings (SSSR count). The number of amides is 1. The third-order valence-electron chi connectivity index (χ3n) is 6.44. The molecule has 1 N–H and O–H groups in total. The number of piperidine rings is 1. The van der Waals surface area contributed by atoms with Crippen molar-refractivity contribution in [3.8, 4) is 11.4 Å². The summed E-state index contributed by atoms with van der Waals surface area (Å²) < 4.78 is 5.54. The molecule has 36 heavy (non-hydrogen) atoms. The van der Waals surface area contributed by atoms with Crippen molar-refractivity contribution < 1.29 is 9.32 Å². The third-order valence-corrected chi connectivity index (χ3v) is 7.72. The van der Waals surface area contributed by atoms with Crippen LogP contribution in [-0.2, 0) is 22.5 Å². The van der Waals surface area contributed by atoms with Gasteiger partial charge < -0.3 is 9.84 Å². The maximum Gasteiger partial charge on any atom is 0.241 e. The lowest BCUT2D eigenvalue weighted by Gasteiger charge is -2.30. The molecule has 1 fully saturated rings. The van der Waals surface area contributed by atoms with Crippen LogP contribution >= 0.6 is 23.4 Å². The Balaban J connectivity index is 1.21. The highest BCUT2D eigenvalue weighted by molar-refractivity contribution is 7.98. The van der Waals surface area contributed by atoms with E-state index in [1.165, 1.54) is 11.1 Å². The maximum absolute atomic E-state index is 12.7. The molecule has 1 aliphatic rings. The van der Waals surface area contributed by atoms with E-state index >= 15 is 0 Å². The van der Waals surface area contributed by atoms with Crippen molar-refractivity contribution in [2.24, 2.45) is 5.92 Å². The Morgan fingerprint density at radius 2 is 1.92 bits per heavy atom. The van der Waals surface area contributed by atoms with Crippen LogP contribution < -0.4 is 5.32 Å². The molecular formula is C28H35ClN4O2S. The van der Waals surface area contributed by atoms with E-state index in [-0.39, 0.29) is 17.2 Å². The summed E-state index contributed by atoms with van der Waals surface area (Å²) in [6.07, 6.45) is 1.90. The number of rotatable bonds is 9. The van der Waals surface area contributed by atoms with E-state index in [0.29, 0.717) is 31.3 Å². The summed E-state index contributed by atoms with van der Waals surface area (Å²) in [4.78, 5) is 19.6. The average Bonchev–Trinajstić information content (AvgIpc) is 3.33. The number of likely N-dealkylation sites (tertiary alicyclic amines) is 1. The van der Waals surface area contributed by atoms with Crippen LogP contribution in [0.5, 0.6) is 0 Å². The molecule has 6 nitrogen and oxygen atoms in total. The van der Waals surface area contributed by atoms with Crippen LogP contribution in [0.25, 0.3) is 11.4 Å². The van der Waals surface area contributed by atoms with Crippen molar-refractivity contribution in [1.29, 1.82) is 0 Å². The van der Waals surface area contributed by atoms with E-state index in [1.807, 2.05) is 48.2 Å². The summed E-state index contributed by atoms with van der Waals surface area (Å²) in [5.41, 5.74) is 3.56. The van der Waals surface area contributed by atoms with E-state index < -0.39 is 0 Å². The number of thioether (sulfide) groups is 1. The van der Waals surface area contributed by atoms with Gasteiger partial charge in [0.05, 0.1) is 12.5 Å². The molecule has 1 amide bonds. The molecule has 8 heteroatoms. The molecule has 1 aromatic heterocycles. The molecule has 2 heterocycles. The van der Waals surface area contributed by atoms with Gasteiger partial charge in [0.2, 0.25) is 17.6 Å². The fourth-order valence-electron chi connectivity index (χ4n) is 4.32. The van der Waals surface area contributed by atoms with Gasteiger partial charge in [-0.15, -0.1) is 0 Å². The SMILES string of the molecule is CC(C)(C)c1ccc(-c2noc(CN3CCCC(C(=O)NCCSCc4ccc(Cl)cc4)C3)n2)cc1. The van der Waals surface area contributed by atoms with Gasteiger partial charge in [-0.2, -0.15) is 16.7 Å². The molecule has 2 aromatic carbocycles. The van der Waals surface area contributed by atoms with Crippen LogP contribution in [-0.4, -0.2) is 46.3 Å². The van der Waals surface area contributed by atoms with Gasteiger partial charge in [0, 0.05) is 35.2 Å². The minimum Gasteiger partial charge on any atom is -0.355 e. The minimum absolute atomic E-state index is 0.00708. The Hall–Kier alpha value is -2.35. The van der Waals surface area contributed by atoms with Gasteiger partial charge in [0.1, 0.15) is 0 Å². The van der Waals surface area contributed by atoms with Crippen LogP contribution in [0.3, 0.4) is 0 Å². The number of nitrogens with one attached hydrogen (secondary N) is 1. The smallest absolute Gasteiger partial charge is 0.241 e. The molecule has 3 aromatic rings. The van der Waals surface area contributed by atoms with Crippen LogP contribution in [0.2, 0.25) is 5.02 Å². The fraction of sp³-hybridized carbons (Fsp3) is 0.464. The number of benzene rings is 2. The van der Waals surface area contributed by atoms with Crippen LogP contribution in [0, 0.1) is 5.92 Å². The van der Waals surface area contributed by atoms with Crippen molar-refractivity contribution in [1.82, 2.24) is 20.4 Å². The molecule has 1 aliphatic heterocycles. The maximum atomic E-state index is 12.7. The first-order valence-electron chi connectivity index (χ1n) is 12.5. The summed E-state index contributed by atoms with van der Waals surface area (Å²) in [5.74, 6) is 3.12. The normalized spacial score (nSPS) is 16.7. The summed E-state index contributed by atoms with van der Waals surface area (Å²) in [5, 5.41) is 8.05. The lowest BCUT2D eigenvalue weighted by molar-refractivity contribution is -0.126. The minimum atomic E-state index is -0.00708. The number of carbonyl (C=O) groups is 1. The third kappa shape index (κ3) is 7.58. The molecule has 0 radical (unpaired) electrons. The Morgan fingerprint density at radius 1 is 1.17 bits per heavy atom. The summed E-state index contributed by atoms with van der Waals surface area (Å²) in [6, 6.07) is 16.2. The fourth-order valence-corrected chi connectivity index (χ4v) is 5.27. The number of aromatic nitrogens is 2. The molecular weight excluding hydrogens is 492 g/mol. The van der Waals surface area contributed by atoms with Crippen LogP contribution in [0.1, 0.15) is 50.6 Å². The van der Waals surface area contributed by atoms with Crippen molar-refractivity contribution in [2.45, 2.75) is 51.3 Å².